The fraction of sp³-hybridized carbons (Fsp3) is 0.217. The molecule has 1 aromatic heterocycles. The number of benzene rings is 2. The Balaban J connectivity index is 2.20. The van der Waals surface area contributed by atoms with Gasteiger partial charge >= 0.3 is 5.97 Å². The van der Waals surface area contributed by atoms with E-state index in [1.165, 1.54) is 7.11 Å². The van der Waals surface area contributed by atoms with Crippen molar-refractivity contribution in [2.45, 2.75) is 13.5 Å². The molecule has 0 saturated carbocycles. The summed E-state index contributed by atoms with van der Waals surface area (Å²) in [5.41, 5.74) is 3.52. The molecule has 6 nitrogen and oxygen atoms in total. The second-order valence-electron chi connectivity index (χ2n) is 6.65. The Morgan fingerprint density at radius 1 is 1.00 bits per heavy atom. The maximum atomic E-state index is 12.3. The zero-order valence-corrected chi connectivity index (χ0v) is 19.1. The summed E-state index contributed by atoms with van der Waals surface area (Å²) in [5, 5.41) is 0.888. The highest BCUT2D eigenvalue weighted by Gasteiger charge is 2.21. The topological polar surface area (TPSA) is 60.9 Å². The number of aromatic nitrogens is 1. The quantitative estimate of drug-likeness (QED) is 0.412. The number of hydrogen-bond acceptors (Lipinski definition) is 6. The van der Waals surface area contributed by atoms with Crippen LogP contribution >= 0.6 is 23.2 Å². The number of pyridine rings is 1. The summed E-state index contributed by atoms with van der Waals surface area (Å²) in [6.07, 6.45) is 3.10. The molecule has 0 fully saturated rings. The zero-order valence-electron chi connectivity index (χ0n) is 17.6. The maximum Gasteiger partial charge on any atom is 0.338 e. The number of carbonyl (C=O) groups is 1. The average Bonchev–Trinajstić information content (AvgIpc) is 2.78. The van der Waals surface area contributed by atoms with E-state index in [0.717, 1.165) is 16.9 Å². The summed E-state index contributed by atoms with van der Waals surface area (Å²) >= 11 is 12.8. The number of esters is 1. The lowest BCUT2D eigenvalue weighted by Crippen LogP contribution is -2.19. The minimum atomic E-state index is -0.411. The van der Waals surface area contributed by atoms with Crippen LogP contribution in [0.2, 0.25) is 10.0 Å². The van der Waals surface area contributed by atoms with Gasteiger partial charge in [-0.1, -0.05) is 29.3 Å². The summed E-state index contributed by atoms with van der Waals surface area (Å²) in [6, 6.07) is 11.0. The van der Waals surface area contributed by atoms with E-state index >= 15 is 0 Å². The van der Waals surface area contributed by atoms with Gasteiger partial charge in [-0.25, -0.2) is 4.79 Å². The third-order valence-corrected chi connectivity index (χ3v) is 5.60. The smallest absolute Gasteiger partial charge is 0.338 e. The predicted octanol–water partition coefficient (Wildman–Crippen LogP) is 5.84. The Hall–Kier alpha value is -2.96. The molecule has 3 aromatic rings. The number of hydrogen-bond donors (Lipinski definition) is 0. The van der Waals surface area contributed by atoms with Crippen LogP contribution in [0.5, 0.6) is 11.5 Å². The molecule has 8 heteroatoms. The molecule has 3 rings (SSSR count). The van der Waals surface area contributed by atoms with Crippen molar-refractivity contribution in [2.75, 3.05) is 26.2 Å². The van der Waals surface area contributed by atoms with Crippen LogP contribution in [0.4, 0.5) is 11.4 Å². The number of anilines is 2. The van der Waals surface area contributed by atoms with Crippen molar-refractivity contribution in [2.24, 2.45) is 0 Å². The summed E-state index contributed by atoms with van der Waals surface area (Å²) in [7, 11) is 4.51. The van der Waals surface area contributed by atoms with Crippen LogP contribution < -0.4 is 14.4 Å². The summed E-state index contributed by atoms with van der Waals surface area (Å²) in [6.45, 7) is 2.20. The first kappa shape index (κ1) is 22.7. The third-order valence-electron chi connectivity index (χ3n) is 4.95. The molecule has 31 heavy (non-hydrogen) atoms. The lowest BCUT2D eigenvalue weighted by Gasteiger charge is -2.29. The standard InChI is InChI=1S/C23H22Cl2N2O4/c1-14-16(23(28)31-4)6-5-7-20(14)27(13-17-18(24)11-26-12-19(17)25)15-8-9-21(29-2)22(10-15)30-3/h5-12H,13H2,1-4H3. The number of halogens is 2. The largest absolute Gasteiger partial charge is 0.493 e. The molecule has 0 aliphatic carbocycles. The molecular weight excluding hydrogens is 439 g/mol. The summed E-state index contributed by atoms with van der Waals surface area (Å²) in [4.78, 5) is 18.3. The molecule has 0 N–H and O–H groups in total. The molecule has 1 heterocycles. The maximum absolute atomic E-state index is 12.3. The van der Waals surface area contributed by atoms with Gasteiger partial charge in [0.15, 0.2) is 11.5 Å². The number of ether oxygens (including phenoxy) is 3. The van der Waals surface area contributed by atoms with Crippen molar-refractivity contribution in [3.05, 3.63) is 75.5 Å². The molecule has 0 aliphatic rings. The van der Waals surface area contributed by atoms with Gasteiger partial charge in [-0.3, -0.25) is 4.98 Å². The number of rotatable bonds is 7. The fourth-order valence-corrected chi connectivity index (χ4v) is 3.79. The van der Waals surface area contributed by atoms with Crippen LogP contribution in [0.25, 0.3) is 0 Å². The Kier molecular flexibility index (Phi) is 7.25. The Labute approximate surface area is 191 Å². The van der Waals surface area contributed by atoms with E-state index in [0.29, 0.717) is 39.2 Å². The van der Waals surface area contributed by atoms with Crippen molar-refractivity contribution in [1.29, 1.82) is 0 Å². The van der Waals surface area contributed by atoms with E-state index < -0.39 is 5.97 Å². The molecule has 0 saturated heterocycles. The highest BCUT2D eigenvalue weighted by atomic mass is 35.5. The molecule has 0 spiro atoms. The lowest BCUT2D eigenvalue weighted by atomic mass is 10.0. The van der Waals surface area contributed by atoms with E-state index in [1.54, 1.807) is 38.7 Å². The van der Waals surface area contributed by atoms with Crippen molar-refractivity contribution >= 4 is 40.5 Å². The van der Waals surface area contributed by atoms with Crippen molar-refractivity contribution in [1.82, 2.24) is 4.98 Å². The fourth-order valence-electron chi connectivity index (χ4n) is 3.30. The molecule has 0 bridgehead atoms. The number of nitrogens with zero attached hydrogens (tertiary/aromatic N) is 2. The van der Waals surface area contributed by atoms with Gasteiger partial charge in [-0.2, -0.15) is 0 Å². The highest BCUT2D eigenvalue weighted by molar-refractivity contribution is 6.35. The molecule has 162 valence electrons. The molecule has 0 radical (unpaired) electrons. The van der Waals surface area contributed by atoms with E-state index in [2.05, 4.69) is 4.98 Å². The van der Waals surface area contributed by atoms with Crippen molar-refractivity contribution in [3.8, 4) is 11.5 Å². The van der Waals surface area contributed by atoms with E-state index in [1.807, 2.05) is 36.1 Å². The Bertz CT molecular complexity index is 1080. The molecule has 2 aromatic carbocycles. The van der Waals surface area contributed by atoms with Crippen molar-refractivity contribution in [3.63, 3.8) is 0 Å². The third kappa shape index (κ3) is 4.70. The van der Waals surface area contributed by atoms with E-state index in [-0.39, 0.29) is 0 Å². The first-order valence-electron chi connectivity index (χ1n) is 9.36. The molecule has 0 aliphatic heterocycles. The first-order chi connectivity index (χ1) is 14.9. The van der Waals surface area contributed by atoms with Gasteiger partial charge in [0.1, 0.15) is 0 Å². The van der Waals surface area contributed by atoms with Gasteiger partial charge in [-0.15, -0.1) is 0 Å². The van der Waals surface area contributed by atoms with Gasteiger partial charge in [0.25, 0.3) is 0 Å². The second-order valence-corrected chi connectivity index (χ2v) is 7.46. The van der Waals surface area contributed by atoms with Gasteiger partial charge in [0, 0.05) is 35.4 Å². The first-order valence-corrected chi connectivity index (χ1v) is 10.1. The Morgan fingerprint density at radius 2 is 1.68 bits per heavy atom. The molecule has 0 atom stereocenters. The molecule has 0 unspecified atom stereocenters. The zero-order chi connectivity index (χ0) is 22.5. The minimum Gasteiger partial charge on any atom is -0.493 e. The van der Waals surface area contributed by atoms with Crippen molar-refractivity contribution < 1.29 is 19.0 Å². The monoisotopic (exact) mass is 460 g/mol. The lowest BCUT2D eigenvalue weighted by molar-refractivity contribution is 0.0600. The Morgan fingerprint density at radius 3 is 2.29 bits per heavy atom. The normalized spacial score (nSPS) is 10.5. The average molecular weight is 461 g/mol. The summed E-state index contributed by atoms with van der Waals surface area (Å²) < 4.78 is 15.8. The van der Waals surface area contributed by atoms with Crippen LogP contribution in [-0.2, 0) is 11.3 Å². The van der Waals surface area contributed by atoms with Crippen LogP contribution in [0.1, 0.15) is 21.5 Å². The molecule has 0 amide bonds. The van der Waals surface area contributed by atoms with E-state index in [9.17, 15) is 4.79 Å². The van der Waals surface area contributed by atoms with Gasteiger partial charge in [-0.05, 0) is 36.8 Å². The predicted molar refractivity (Wildman–Crippen MR) is 122 cm³/mol. The SMILES string of the molecule is COC(=O)c1cccc(N(Cc2c(Cl)cncc2Cl)c2ccc(OC)c(OC)c2)c1C. The van der Waals surface area contributed by atoms with Crippen LogP contribution in [0, 0.1) is 6.92 Å². The van der Waals surface area contributed by atoms with Gasteiger partial charge < -0.3 is 19.1 Å². The molecular formula is C23H22Cl2N2O4. The number of carbonyl (C=O) groups excluding carboxylic acids is 1. The minimum absolute atomic E-state index is 0.334. The van der Waals surface area contributed by atoms with Gasteiger partial charge in [0.05, 0.1) is 43.5 Å². The summed E-state index contributed by atoms with van der Waals surface area (Å²) in [5.74, 6) is 0.761. The van der Waals surface area contributed by atoms with Crippen LogP contribution in [0.15, 0.2) is 48.8 Å². The second kappa shape index (κ2) is 9.90. The van der Waals surface area contributed by atoms with Crippen LogP contribution in [-0.4, -0.2) is 32.3 Å². The highest BCUT2D eigenvalue weighted by Crippen LogP contribution is 2.38. The van der Waals surface area contributed by atoms with E-state index in [4.69, 9.17) is 37.4 Å². The number of methoxy groups -OCH3 is 3. The van der Waals surface area contributed by atoms with Crippen LogP contribution in [0.3, 0.4) is 0 Å². The van der Waals surface area contributed by atoms with Gasteiger partial charge in [0.2, 0.25) is 0 Å².